The van der Waals surface area contributed by atoms with Gasteiger partial charge in [0.1, 0.15) is 12.2 Å². The van der Waals surface area contributed by atoms with E-state index in [0.29, 0.717) is 5.56 Å². The number of aryl methyl sites for hydroxylation is 1. The van der Waals surface area contributed by atoms with Gasteiger partial charge in [-0.25, -0.2) is 0 Å². The fraction of sp³-hybridized carbons (Fsp3) is 0.333. The van der Waals surface area contributed by atoms with Crippen LogP contribution in [0.15, 0.2) is 30.5 Å². The molecule has 1 aromatic carbocycles. The highest BCUT2D eigenvalue weighted by atomic mass is 16.4. The molecular formula is C12H15NO3. The average Bonchev–Trinajstić information content (AvgIpc) is 2.68. The molecule has 0 aliphatic heterocycles. The molecule has 0 bridgehead atoms. The second-order valence-electron chi connectivity index (χ2n) is 3.94. The fourth-order valence-corrected chi connectivity index (χ4v) is 1.81. The summed E-state index contributed by atoms with van der Waals surface area (Å²) in [4.78, 5) is 0. The number of aliphatic hydroxyl groups is 3. The maximum Gasteiger partial charge on any atom is 0.107 e. The zero-order valence-corrected chi connectivity index (χ0v) is 9.04. The van der Waals surface area contributed by atoms with Gasteiger partial charge in [-0.3, -0.25) is 0 Å². The van der Waals surface area contributed by atoms with Crippen molar-refractivity contribution in [1.82, 2.24) is 4.57 Å². The van der Waals surface area contributed by atoms with Crippen molar-refractivity contribution >= 4 is 10.9 Å². The normalized spacial score (nSPS) is 15.2. The molecule has 16 heavy (non-hydrogen) atoms. The van der Waals surface area contributed by atoms with Gasteiger partial charge in [-0.05, 0) is 29.1 Å². The predicted octanol–water partition coefficient (Wildman–Crippen LogP) is 0.565. The van der Waals surface area contributed by atoms with Gasteiger partial charge in [0.05, 0.1) is 6.61 Å². The highest BCUT2D eigenvalue weighted by Crippen LogP contribution is 2.22. The van der Waals surface area contributed by atoms with Gasteiger partial charge in [-0.1, -0.05) is 6.07 Å². The van der Waals surface area contributed by atoms with Crippen LogP contribution >= 0.6 is 0 Å². The lowest BCUT2D eigenvalue weighted by atomic mass is 10.0. The third-order valence-electron chi connectivity index (χ3n) is 2.80. The lowest BCUT2D eigenvalue weighted by Gasteiger charge is -2.15. The van der Waals surface area contributed by atoms with E-state index in [1.54, 1.807) is 6.07 Å². The van der Waals surface area contributed by atoms with Gasteiger partial charge in [0.15, 0.2) is 0 Å². The molecule has 86 valence electrons. The zero-order chi connectivity index (χ0) is 11.7. The minimum atomic E-state index is -1.14. The molecule has 1 heterocycles. The fourth-order valence-electron chi connectivity index (χ4n) is 1.81. The van der Waals surface area contributed by atoms with E-state index in [1.165, 1.54) is 0 Å². The zero-order valence-electron chi connectivity index (χ0n) is 9.04. The van der Waals surface area contributed by atoms with Crippen molar-refractivity contribution in [3.63, 3.8) is 0 Å². The van der Waals surface area contributed by atoms with Crippen molar-refractivity contribution in [3.8, 4) is 0 Å². The second-order valence-corrected chi connectivity index (χ2v) is 3.94. The molecule has 2 unspecified atom stereocenters. The van der Waals surface area contributed by atoms with Gasteiger partial charge in [0, 0.05) is 18.8 Å². The number of nitrogens with zero attached hydrogens (tertiary/aromatic N) is 1. The largest absolute Gasteiger partial charge is 0.394 e. The summed E-state index contributed by atoms with van der Waals surface area (Å²) in [5.74, 6) is 0. The second kappa shape index (κ2) is 4.25. The third-order valence-corrected chi connectivity index (χ3v) is 2.80. The SMILES string of the molecule is Cn1ccc2cc(C(O)C(O)CO)ccc21. The van der Waals surface area contributed by atoms with Crippen molar-refractivity contribution in [1.29, 1.82) is 0 Å². The van der Waals surface area contributed by atoms with Crippen LogP contribution in [0.3, 0.4) is 0 Å². The van der Waals surface area contributed by atoms with Crippen LogP contribution in [0.4, 0.5) is 0 Å². The van der Waals surface area contributed by atoms with Crippen LogP contribution in [0, 0.1) is 0 Å². The number of hydrogen-bond donors (Lipinski definition) is 3. The molecule has 0 saturated heterocycles. The molecule has 0 aliphatic rings. The highest BCUT2D eigenvalue weighted by Gasteiger charge is 2.17. The Kier molecular flexibility index (Phi) is 2.96. The molecule has 3 N–H and O–H groups in total. The summed E-state index contributed by atoms with van der Waals surface area (Å²) in [6.07, 6.45) is -0.251. The topological polar surface area (TPSA) is 65.6 Å². The number of fused-ring (bicyclic) bond motifs is 1. The maximum atomic E-state index is 9.74. The molecule has 2 aromatic rings. The minimum Gasteiger partial charge on any atom is -0.394 e. The van der Waals surface area contributed by atoms with Gasteiger partial charge in [-0.2, -0.15) is 0 Å². The van der Waals surface area contributed by atoms with Gasteiger partial charge >= 0.3 is 0 Å². The molecule has 0 spiro atoms. The van der Waals surface area contributed by atoms with Crippen LogP contribution in [-0.2, 0) is 7.05 Å². The van der Waals surface area contributed by atoms with E-state index in [1.807, 2.05) is 36.0 Å². The number of rotatable bonds is 3. The van der Waals surface area contributed by atoms with Crippen molar-refractivity contribution in [3.05, 3.63) is 36.0 Å². The predicted molar refractivity (Wildman–Crippen MR) is 61.0 cm³/mol. The van der Waals surface area contributed by atoms with Crippen LogP contribution in [0.2, 0.25) is 0 Å². The Bertz CT molecular complexity index is 492. The Morgan fingerprint density at radius 2 is 2.00 bits per heavy atom. The lowest BCUT2D eigenvalue weighted by Crippen LogP contribution is -2.21. The van der Waals surface area contributed by atoms with Crippen molar-refractivity contribution < 1.29 is 15.3 Å². The Balaban J connectivity index is 2.39. The Hall–Kier alpha value is -1.36. The standard InChI is InChI=1S/C12H15NO3/c1-13-5-4-8-6-9(2-3-10(8)13)12(16)11(15)7-14/h2-6,11-12,14-16H,7H2,1H3. The van der Waals surface area contributed by atoms with E-state index in [0.717, 1.165) is 10.9 Å². The molecular weight excluding hydrogens is 206 g/mol. The van der Waals surface area contributed by atoms with Crippen molar-refractivity contribution in [2.75, 3.05) is 6.61 Å². The summed E-state index contributed by atoms with van der Waals surface area (Å²) in [7, 11) is 1.95. The highest BCUT2D eigenvalue weighted by molar-refractivity contribution is 5.80. The molecule has 0 aliphatic carbocycles. The summed E-state index contributed by atoms with van der Waals surface area (Å²) in [5.41, 5.74) is 1.68. The Morgan fingerprint density at radius 1 is 1.25 bits per heavy atom. The van der Waals surface area contributed by atoms with E-state index >= 15 is 0 Å². The quantitative estimate of drug-likeness (QED) is 0.709. The van der Waals surface area contributed by atoms with Crippen LogP contribution in [-0.4, -0.2) is 32.6 Å². The molecule has 0 saturated carbocycles. The van der Waals surface area contributed by atoms with E-state index < -0.39 is 18.8 Å². The van der Waals surface area contributed by atoms with E-state index in [9.17, 15) is 10.2 Å². The number of benzene rings is 1. The van der Waals surface area contributed by atoms with E-state index in [4.69, 9.17) is 5.11 Å². The van der Waals surface area contributed by atoms with Crippen LogP contribution in [0.25, 0.3) is 10.9 Å². The van der Waals surface area contributed by atoms with Crippen LogP contribution in [0.1, 0.15) is 11.7 Å². The maximum absolute atomic E-state index is 9.74. The molecule has 2 atom stereocenters. The molecule has 0 amide bonds. The van der Waals surface area contributed by atoms with E-state index in [-0.39, 0.29) is 0 Å². The smallest absolute Gasteiger partial charge is 0.107 e. The summed E-state index contributed by atoms with van der Waals surface area (Å²) in [6.45, 7) is -0.450. The van der Waals surface area contributed by atoms with Gasteiger partial charge in [0.25, 0.3) is 0 Å². The monoisotopic (exact) mass is 221 g/mol. The van der Waals surface area contributed by atoms with E-state index in [2.05, 4.69) is 0 Å². The summed E-state index contributed by atoms with van der Waals surface area (Å²) in [5, 5.41) is 28.9. The molecule has 4 heteroatoms. The van der Waals surface area contributed by atoms with Crippen LogP contribution < -0.4 is 0 Å². The average molecular weight is 221 g/mol. The van der Waals surface area contributed by atoms with Crippen molar-refractivity contribution in [2.45, 2.75) is 12.2 Å². The number of aromatic nitrogens is 1. The minimum absolute atomic E-state index is 0.450. The first-order chi connectivity index (χ1) is 7.63. The van der Waals surface area contributed by atoms with Gasteiger partial charge < -0.3 is 19.9 Å². The summed E-state index contributed by atoms with van der Waals surface area (Å²) >= 11 is 0. The Labute approximate surface area is 93.4 Å². The molecule has 2 rings (SSSR count). The van der Waals surface area contributed by atoms with Crippen LogP contribution in [0.5, 0.6) is 0 Å². The Morgan fingerprint density at radius 3 is 2.69 bits per heavy atom. The number of aliphatic hydroxyl groups excluding tert-OH is 3. The summed E-state index contributed by atoms with van der Waals surface area (Å²) in [6, 6.07) is 7.40. The molecule has 4 nitrogen and oxygen atoms in total. The molecule has 1 aromatic heterocycles. The first-order valence-electron chi connectivity index (χ1n) is 5.15. The first kappa shape index (κ1) is 11.1. The van der Waals surface area contributed by atoms with Crippen molar-refractivity contribution in [2.24, 2.45) is 7.05 Å². The van der Waals surface area contributed by atoms with Gasteiger partial charge in [0.2, 0.25) is 0 Å². The summed E-state index contributed by atoms with van der Waals surface area (Å²) < 4.78 is 1.98. The first-order valence-corrected chi connectivity index (χ1v) is 5.15. The number of hydrogen-bond acceptors (Lipinski definition) is 3. The third kappa shape index (κ3) is 1.82. The molecule has 0 radical (unpaired) electrons. The van der Waals surface area contributed by atoms with Gasteiger partial charge in [-0.15, -0.1) is 0 Å². The lowest BCUT2D eigenvalue weighted by molar-refractivity contribution is -0.0152. The molecule has 0 fully saturated rings.